The van der Waals surface area contributed by atoms with E-state index in [-0.39, 0.29) is 9.79 Å². The number of halogens is 3. The number of nitro groups is 1. The zero-order valence-electron chi connectivity index (χ0n) is 9.01. The highest BCUT2D eigenvalue weighted by molar-refractivity contribution is 8.00. The molecule has 0 radical (unpaired) electrons. The summed E-state index contributed by atoms with van der Waals surface area (Å²) in [6.45, 7) is 0. The second-order valence-electron chi connectivity index (χ2n) is 3.12. The van der Waals surface area contributed by atoms with Crippen molar-refractivity contribution in [2.75, 3.05) is 5.75 Å². The van der Waals surface area contributed by atoms with Crippen molar-refractivity contribution in [3.8, 4) is 0 Å². The number of rotatable bonds is 5. The highest BCUT2D eigenvalue weighted by Gasteiger charge is 2.30. The molecular weight excluding hydrogens is 307 g/mol. The average molecular weight is 313 g/mol. The molecule has 0 saturated carbocycles. The maximum absolute atomic E-state index is 12.1. The summed E-state index contributed by atoms with van der Waals surface area (Å²) in [5.41, 5.74) is -5.08. The first-order chi connectivity index (χ1) is 8.69. The molecule has 0 aliphatic heterocycles. The number of hydrogen-bond acceptors (Lipinski definition) is 5. The number of hydrogen-bond donors (Lipinski definition) is 1. The molecule has 0 bridgehead atoms. The molecule has 104 valence electrons. The zero-order valence-corrected chi connectivity index (χ0v) is 10.6. The first kappa shape index (κ1) is 15.6. The van der Waals surface area contributed by atoms with Crippen molar-refractivity contribution in [2.24, 2.45) is 0 Å². The van der Waals surface area contributed by atoms with Gasteiger partial charge in [0.2, 0.25) is 0 Å². The van der Waals surface area contributed by atoms with Gasteiger partial charge in [0.15, 0.2) is 0 Å². The molecule has 0 aliphatic carbocycles. The molecule has 0 heterocycles. The number of alkyl halides is 3. The average Bonchev–Trinajstić information content (AvgIpc) is 2.24. The van der Waals surface area contributed by atoms with Gasteiger partial charge in [-0.15, -0.1) is 11.8 Å². The Kier molecular flexibility index (Phi) is 5.06. The van der Waals surface area contributed by atoms with Gasteiger partial charge in [0.1, 0.15) is 0 Å². The number of benzene rings is 1. The van der Waals surface area contributed by atoms with Crippen LogP contribution < -0.4 is 0 Å². The zero-order chi connectivity index (χ0) is 14.6. The van der Waals surface area contributed by atoms with Crippen LogP contribution in [0.1, 0.15) is 0 Å². The lowest BCUT2D eigenvalue weighted by molar-refractivity contribution is -0.387. The second-order valence-corrected chi connectivity index (χ2v) is 5.27. The van der Waals surface area contributed by atoms with E-state index in [0.717, 1.165) is 18.2 Å². The predicted molar refractivity (Wildman–Crippen MR) is 63.4 cm³/mol. The molecule has 0 spiro atoms. The van der Waals surface area contributed by atoms with Crippen LogP contribution in [-0.2, 0) is 4.79 Å². The molecule has 0 fully saturated rings. The molecular formula is C9H6F3NO4S2. The Morgan fingerprint density at radius 1 is 1.42 bits per heavy atom. The van der Waals surface area contributed by atoms with Crippen LogP contribution in [0.5, 0.6) is 0 Å². The molecule has 1 aromatic rings. The Bertz CT molecular complexity index is 507. The molecule has 0 unspecified atom stereocenters. The fraction of sp³-hybridized carbons (Fsp3) is 0.222. The molecule has 19 heavy (non-hydrogen) atoms. The lowest BCUT2D eigenvalue weighted by Gasteiger charge is -2.07. The Morgan fingerprint density at radius 2 is 2.05 bits per heavy atom. The molecule has 0 amide bonds. The highest BCUT2D eigenvalue weighted by Crippen LogP contribution is 2.40. The van der Waals surface area contributed by atoms with Crippen molar-refractivity contribution < 1.29 is 28.0 Å². The number of thioether (sulfide) groups is 2. The largest absolute Gasteiger partial charge is 0.481 e. The second kappa shape index (κ2) is 6.15. The quantitative estimate of drug-likeness (QED) is 0.510. The number of carboxylic acid groups (broad SMARTS) is 1. The maximum atomic E-state index is 12.1. The minimum absolute atomic E-state index is 0.0129. The summed E-state index contributed by atoms with van der Waals surface area (Å²) in [6.07, 6.45) is 0. The molecule has 0 aliphatic rings. The number of carboxylic acids is 1. The van der Waals surface area contributed by atoms with Crippen molar-refractivity contribution in [3.05, 3.63) is 28.3 Å². The number of nitrogens with zero attached hydrogens (tertiary/aromatic N) is 1. The topological polar surface area (TPSA) is 80.4 Å². The molecule has 1 aromatic carbocycles. The van der Waals surface area contributed by atoms with E-state index >= 15 is 0 Å². The van der Waals surface area contributed by atoms with Crippen LogP contribution in [0.3, 0.4) is 0 Å². The smallest absolute Gasteiger partial charge is 0.446 e. The van der Waals surface area contributed by atoms with Crippen LogP contribution in [0, 0.1) is 10.1 Å². The summed E-state index contributed by atoms with van der Waals surface area (Å²) in [4.78, 5) is 20.0. The van der Waals surface area contributed by atoms with Gasteiger partial charge in [-0.2, -0.15) is 13.2 Å². The van der Waals surface area contributed by atoms with Crippen molar-refractivity contribution in [1.29, 1.82) is 0 Å². The van der Waals surface area contributed by atoms with Gasteiger partial charge in [0.05, 0.1) is 15.6 Å². The SMILES string of the molecule is O=C(O)CSc1ccc(SC(F)(F)F)cc1[N+](=O)[O-]. The fourth-order valence-electron chi connectivity index (χ4n) is 1.10. The molecule has 5 nitrogen and oxygen atoms in total. The third-order valence-electron chi connectivity index (χ3n) is 1.71. The van der Waals surface area contributed by atoms with Gasteiger partial charge in [-0.25, -0.2) is 0 Å². The van der Waals surface area contributed by atoms with Crippen molar-refractivity contribution in [3.63, 3.8) is 0 Å². The summed E-state index contributed by atoms with van der Waals surface area (Å²) >= 11 is 0.214. The van der Waals surface area contributed by atoms with E-state index in [4.69, 9.17) is 5.11 Å². The van der Waals surface area contributed by atoms with Crippen molar-refractivity contribution in [2.45, 2.75) is 15.3 Å². The summed E-state index contributed by atoms with van der Waals surface area (Å²) in [6, 6.07) is 2.96. The van der Waals surface area contributed by atoms with Gasteiger partial charge >= 0.3 is 11.5 Å². The normalized spacial score (nSPS) is 11.3. The Hall–Kier alpha value is -1.42. The first-order valence-electron chi connectivity index (χ1n) is 4.58. The van der Waals surface area contributed by atoms with Gasteiger partial charge in [0, 0.05) is 11.0 Å². The summed E-state index contributed by atoms with van der Waals surface area (Å²) < 4.78 is 36.4. The maximum Gasteiger partial charge on any atom is 0.446 e. The van der Waals surface area contributed by atoms with E-state index in [2.05, 4.69) is 0 Å². The third-order valence-corrected chi connectivity index (χ3v) is 3.48. The molecule has 0 saturated heterocycles. The van der Waals surface area contributed by atoms with Gasteiger partial charge < -0.3 is 5.11 Å². The van der Waals surface area contributed by atoms with Crippen LogP contribution >= 0.6 is 23.5 Å². The lowest BCUT2D eigenvalue weighted by Crippen LogP contribution is -2.01. The predicted octanol–water partition coefficient (Wildman–Crippen LogP) is 3.38. The fourth-order valence-corrected chi connectivity index (χ4v) is 2.40. The van der Waals surface area contributed by atoms with Crippen LogP contribution in [-0.4, -0.2) is 27.3 Å². The molecule has 0 atom stereocenters. The molecule has 1 rings (SSSR count). The minimum Gasteiger partial charge on any atom is -0.481 e. The van der Waals surface area contributed by atoms with E-state index in [9.17, 15) is 28.1 Å². The summed E-state index contributed by atoms with van der Waals surface area (Å²) in [5.74, 6) is -1.58. The van der Waals surface area contributed by atoms with E-state index < -0.39 is 39.6 Å². The molecule has 10 heteroatoms. The monoisotopic (exact) mass is 313 g/mol. The number of carbonyl (C=O) groups is 1. The number of aliphatic carboxylic acids is 1. The summed E-state index contributed by atoms with van der Waals surface area (Å²) in [7, 11) is 0. The van der Waals surface area contributed by atoms with Crippen LogP contribution in [0.2, 0.25) is 0 Å². The lowest BCUT2D eigenvalue weighted by atomic mass is 10.3. The van der Waals surface area contributed by atoms with E-state index in [1.54, 1.807) is 0 Å². The van der Waals surface area contributed by atoms with Gasteiger partial charge in [0.25, 0.3) is 5.69 Å². The standard InChI is InChI=1S/C9H6F3NO4S2/c10-9(11,12)19-5-1-2-7(18-4-8(14)15)6(3-5)13(16)17/h1-3H,4H2,(H,14,15). The van der Waals surface area contributed by atoms with Crippen LogP contribution in [0.4, 0.5) is 18.9 Å². The third kappa shape index (κ3) is 5.39. The highest BCUT2D eigenvalue weighted by atomic mass is 32.2. The van der Waals surface area contributed by atoms with E-state index in [1.807, 2.05) is 0 Å². The first-order valence-corrected chi connectivity index (χ1v) is 6.38. The van der Waals surface area contributed by atoms with Gasteiger partial charge in [-0.1, -0.05) is 0 Å². The van der Waals surface area contributed by atoms with Crippen molar-refractivity contribution in [1.82, 2.24) is 0 Å². The Morgan fingerprint density at radius 3 is 2.53 bits per heavy atom. The minimum atomic E-state index is -4.54. The van der Waals surface area contributed by atoms with Gasteiger partial charge in [-0.3, -0.25) is 14.9 Å². The molecule has 0 aromatic heterocycles. The molecule has 1 N–H and O–H groups in total. The summed E-state index contributed by atoms with van der Waals surface area (Å²) in [5, 5.41) is 19.2. The van der Waals surface area contributed by atoms with Gasteiger partial charge in [-0.05, 0) is 23.9 Å². The van der Waals surface area contributed by atoms with Crippen LogP contribution in [0.25, 0.3) is 0 Å². The Labute approximate surface area is 113 Å². The number of nitro benzene ring substituents is 1. The van der Waals surface area contributed by atoms with E-state index in [0.29, 0.717) is 11.8 Å². The van der Waals surface area contributed by atoms with E-state index in [1.165, 1.54) is 0 Å². The van der Waals surface area contributed by atoms with Crippen LogP contribution in [0.15, 0.2) is 28.0 Å². The van der Waals surface area contributed by atoms with Crippen molar-refractivity contribution >= 4 is 35.2 Å². The Balaban J connectivity index is 3.01.